The average Bonchev–Trinajstić information content (AvgIpc) is 1.95. The zero-order valence-electron chi connectivity index (χ0n) is 8.17. The van der Waals surface area contributed by atoms with E-state index in [1.165, 1.54) is 0 Å². The molecule has 0 rings (SSSR count). The number of aliphatic hydroxyl groups is 5. The van der Waals surface area contributed by atoms with E-state index in [0.717, 1.165) is 4.90 Å². The van der Waals surface area contributed by atoms with Crippen LogP contribution in [0.25, 0.3) is 0 Å². The zero-order chi connectivity index (χ0) is 9.61. The van der Waals surface area contributed by atoms with E-state index in [0.29, 0.717) is 6.42 Å². The second kappa shape index (κ2) is 10.2. The van der Waals surface area contributed by atoms with Crippen LogP contribution in [0.2, 0.25) is 0 Å². The average molecular weight is 221 g/mol. The van der Waals surface area contributed by atoms with E-state index in [9.17, 15) is 0 Å². The Morgan fingerprint density at radius 1 is 0.929 bits per heavy atom. The molecule has 0 bridgehead atoms. The van der Waals surface area contributed by atoms with Crippen molar-refractivity contribution in [3.63, 3.8) is 0 Å². The second-order valence-corrected chi connectivity index (χ2v) is 2.39. The van der Waals surface area contributed by atoms with Crippen molar-refractivity contribution in [3.05, 3.63) is 0 Å². The van der Waals surface area contributed by atoms with Gasteiger partial charge in [-0.25, -0.2) is 4.90 Å². The minimum atomic E-state index is -2.92. The second-order valence-electron chi connectivity index (χ2n) is 2.39. The summed E-state index contributed by atoms with van der Waals surface area (Å²) in [4.78, 5) is 0.837. The van der Waals surface area contributed by atoms with Crippen molar-refractivity contribution in [1.29, 1.82) is 0 Å². The smallest absolute Gasteiger partial charge is 0.870 e. The van der Waals surface area contributed by atoms with Gasteiger partial charge in [-0.15, -0.1) is 0 Å². The maximum Gasteiger partial charge on any atom is 1.00 e. The summed E-state index contributed by atoms with van der Waals surface area (Å²) in [5, 5.41) is 42.9. The van der Waals surface area contributed by atoms with Gasteiger partial charge in [0.25, 0.3) is 0 Å². The van der Waals surface area contributed by atoms with Gasteiger partial charge in [-0.2, -0.15) is 0 Å². The van der Waals surface area contributed by atoms with Crippen LogP contribution < -0.4 is 29.6 Å². The molecule has 0 aliphatic heterocycles. The van der Waals surface area contributed by atoms with Gasteiger partial charge in [0.1, 0.15) is 0 Å². The number of hydrogen-bond donors (Lipinski definition) is 5. The largest absolute Gasteiger partial charge is 1.00 e. The van der Waals surface area contributed by atoms with Gasteiger partial charge in [0.15, 0.2) is 0 Å². The van der Waals surface area contributed by atoms with Crippen molar-refractivity contribution in [2.24, 2.45) is 0 Å². The van der Waals surface area contributed by atoms with E-state index < -0.39 is 6.10 Å². The maximum absolute atomic E-state index is 8.68. The number of nitrogens with zero attached hydrogens (tertiary/aromatic N) is 1. The summed E-state index contributed by atoms with van der Waals surface area (Å²) in [6.45, 7) is -0.378. The molecule has 6 N–H and O–H groups in total. The first-order valence-corrected chi connectivity index (χ1v) is 3.66. The van der Waals surface area contributed by atoms with Crippen LogP contribution in [0.15, 0.2) is 0 Å². The molecule has 0 aliphatic carbocycles. The number of hydrogen-bond acceptors (Lipinski definition) is 7. The fourth-order valence-corrected chi connectivity index (χ4v) is 0.794. The summed E-state index contributed by atoms with van der Waals surface area (Å²) in [6.07, 6.45) is -2.62. The fraction of sp³-hybridized carbons (Fsp3) is 1.00. The molecule has 8 heteroatoms. The molecule has 0 atom stereocenters. The van der Waals surface area contributed by atoms with E-state index in [1.807, 2.05) is 0 Å². The Balaban J connectivity index is -0.000000605. The minimum absolute atomic E-state index is 0. The first-order valence-electron chi connectivity index (χ1n) is 3.66. The normalized spacial score (nSPS) is 10.7. The van der Waals surface area contributed by atoms with Crippen LogP contribution >= 0.6 is 0 Å². The molecule has 0 aliphatic rings. The molecule has 0 fully saturated rings. The first kappa shape index (κ1) is 20.2. The predicted octanol–water partition coefficient (Wildman–Crippen LogP) is -5.92. The van der Waals surface area contributed by atoms with E-state index in [2.05, 4.69) is 0 Å². The van der Waals surface area contributed by atoms with Crippen molar-refractivity contribution in [2.75, 3.05) is 26.3 Å². The summed E-state index contributed by atoms with van der Waals surface area (Å²) >= 11 is 0. The Bertz CT molecular complexity index is 119. The molecule has 0 unspecified atom stereocenters. The number of rotatable bonds is 6. The molecule has 0 aromatic rings. The van der Waals surface area contributed by atoms with Crippen LogP contribution in [0.4, 0.5) is 0 Å². The van der Waals surface area contributed by atoms with Gasteiger partial charge in [-0.3, -0.25) is 0 Å². The fourth-order valence-electron chi connectivity index (χ4n) is 0.794. The van der Waals surface area contributed by atoms with Gasteiger partial charge < -0.3 is 31.0 Å². The molecule has 0 saturated carbocycles. The SMILES string of the molecule is OCCCN(CCO)C(O)(O)O.[Na+].[OH-]. The van der Waals surface area contributed by atoms with E-state index in [-0.39, 0.29) is 61.3 Å². The summed E-state index contributed by atoms with van der Waals surface area (Å²) in [6, 6.07) is 0. The summed E-state index contributed by atoms with van der Waals surface area (Å²) in [5.74, 6) is 0. The Hall–Kier alpha value is 0.720. The van der Waals surface area contributed by atoms with Crippen molar-refractivity contribution in [3.8, 4) is 0 Å². The summed E-state index contributed by atoms with van der Waals surface area (Å²) in [5.41, 5.74) is 0. The van der Waals surface area contributed by atoms with Crippen molar-refractivity contribution in [1.82, 2.24) is 4.90 Å². The third kappa shape index (κ3) is 9.28. The molecule has 14 heavy (non-hydrogen) atoms. The molecular weight excluding hydrogens is 205 g/mol. The zero-order valence-corrected chi connectivity index (χ0v) is 10.2. The van der Waals surface area contributed by atoms with Crippen LogP contribution in [0.3, 0.4) is 0 Å². The molecule has 7 nitrogen and oxygen atoms in total. The van der Waals surface area contributed by atoms with Gasteiger partial charge in [-0.05, 0) is 6.42 Å². The standard InChI is InChI=1S/C6H15NO5.Na.H2O/c8-4-1-2-7(3-5-9)6(10,11)12;;/h8-12H,1-5H2;;1H2/q;+1;/p-1. The maximum atomic E-state index is 8.68. The molecule has 0 heterocycles. The molecule has 0 aromatic carbocycles. The topological polar surface area (TPSA) is 134 Å². The number of aliphatic hydroxyl groups excluding tert-OH is 2. The molecule has 0 amide bonds. The third-order valence-electron chi connectivity index (χ3n) is 1.38. The van der Waals surface area contributed by atoms with Gasteiger partial charge in [0, 0.05) is 19.7 Å². The van der Waals surface area contributed by atoms with Crippen LogP contribution in [-0.4, -0.2) is 68.3 Å². The predicted molar refractivity (Wildman–Crippen MR) is 41.7 cm³/mol. The Labute approximate surface area is 104 Å². The molecule has 0 saturated heterocycles. The third-order valence-corrected chi connectivity index (χ3v) is 1.38. The monoisotopic (exact) mass is 221 g/mol. The van der Waals surface area contributed by atoms with Gasteiger partial charge >= 0.3 is 35.7 Å². The quantitative estimate of drug-likeness (QED) is 0.222. The molecule has 0 spiro atoms. The Kier molecular flexibility index (Phi) is 14.8. The van der Waals surface area contributed by atoms with Crippen LogP contribution in [0, 0.1) is 0 Å². The molecule has 0 aromatic heterocycles. The Morgan fingerprint density at radius 2 is 1.43 bits per heavy atom. The van der Waals surface area contributed by atoms with E-state index >= 15 is 0 Å². The van der Waals surface area contributed by atoms with Crippen molar-refractivity contribution >= 4 is 0 Å². The van der Waals surface area contributed by atoms with Gasteiger partial charge in [-0.1, -0.05) is 0 Å². The van der Waals surface area contributed by atoms with E-state index in [4.69, 9.17) is 25.5 Å². The first-order chi connectivity index (χ1) is 5.52. The summed E-state index contributed by atoms with van der Waals surface area (Å²) < 4.78 is 0. The molecule has 82 valence electrons. The molecule has 0 radical (unpaired) electrons. The summed E-state index contributed by atoms with van der Waals surface area (Å²) in [7, 11) is 0. The minimum Gasteiger partial charge on any atom is -0.870 e. The van der Waals surface area contributed by atoms with Gasteiger partial charge in [0.05, 0.1) is 6.61 Å². The van der Waals surface area contributed by atoms with Crippen LogP contribution in [-0.2, 0) is 0 Å². The van der Waals surface area contributed by atoms with Crippen LogP contribution in [0.5, 0.6) is 0 Å². The molecular formula is C6H16NNaO6. The van der Waals surface area contributed by atoms with Crippen molar-refractivity contribution in [2.45, 2.75) is 12.5 Å². The Morgan fingerprint density at radius 3 is 1.71 bits per heavy atom. The van der Waals surface area contributed by atoms with E-state index in [1.54, 1.807) is 0 Å². The van der Waals surface area contributed by atoms with Crippen molar-refractivity contribution < 1.29 is 60.6 Å². The van der Waals surface area contributed by atoms with Gasteiger partial charge in [0.2, 0.25) is 0 Å². The van der Waals surface area contributed by atoms with Crippen LogP contribution in [0.1, 0.15) is 6.42 Å².